The molecule has 0 radical (unpaired) electrons. The number of hydrogen-bond acceptors (Lipinski definition) is 4. The van der Waals surface area contributed by atoms with Crippen LogP contribution in [0.15, 0.2) is 12.3 Å². The Morgan fingerprint density at radius 2 is 2.18 bits per heavy atom. The first-order valence-corrected chi connectivity index (χ1v) is 4.80. The quantitative estimate of drug-likeness (QED) is 0.625. The lowest BCUT2D eigenvalue weighted by Gasteiger charge is -2.12. The van der Waals surface area contributed by atoms with Gasteiger partial charge < -0.3 is 9.47 Å². The van der Waals surface area contributed by atoms with Crippen LogP contribution in [0.5, 0.6) is 5.75 Å². The van der Waals surface area contributed by atoms with Gasteiger partial charge in [-0.2, -0.15) is 0 Å². The second-order valence-electron chi connectivity index (χ2n) is 2.75. The predicted molar refractivity (Wildman–Crippen MR) is 51.9 cm³/mol. The first-order valence-electron chi connectivity index (χ1n) is 4.42. The number of pyridine rings is 1. The number of alkyl halides is 3. The van der Waals surface area contributed by atoms with Crippen molar-refractivity contribution in [1.29, 1.82) is 0 Å². The van der Waals surface area contributed by atoms with Gasteiger partial charge in [0.15, 0.2) is 10.9 Å². The minimum absolute atomic E-state index is 0.0181. The summed E-state index contributed by atoms with van der Waals surface area (Å²) >= 11 is 5.44. The summed E-state index contributed by atoms with van der Waals surface area (Å²) in [6, 6.07) is 1.03. The molecule has 0 saturated carbocycles. The Labute approximate surface area is 99.3 Å². The van der Waals surface area contributed by atoms with Crippen LogP contribution in [0.25, 0.3) is 0 Å². The molecule has 0 spiro atoms. The van der Waals surface area contributed by atoms with E-state index < -0.39 is 28.8 Å². The first kappa shape index (κ1) is 13.6. The summed E-state index contributed by atoms with van der Waals surface area (Å²) in [5.74, 6) is -1.82. The average Bonchev–Trinajstić information content (AvgIpc) is 2.19. The highest BCUT2D eigenvalue weighted by Gasteiger charge is 2.34. The van der Waals surface area contributed by atoms with Gasteiger partial charge in [-0.05, 0) is 13.0 Å². The number of aromatic nitrogens is 1. The summed E-state index contributed by atoms with van der Waals surface area (Å²) in [5, 5.41) is -0.562. The fraction of sp³-hybridized carbons (Fsp3) is 0.333. The largest absolute Gasteiger partial charge is 0.573 e. The number of carbonyl (C=O) groups is 1. The Kier molecular flexibility index (Phi) is 4.17. The van der Waals surface area contributed by atoms with Crippen LogP contribution in [-0.4, -0.2) is 23.9 Å². The molecule has 1 aromatic heterocycles. The minimum atomic E-state index is -4.96. The molecule has 0 aliphatic rings. The highest BCUT2D eigenvalue weighted by Crippen LogP contribution is 2.32. The van der Waals surface area contributed by atoms with Crippen LogP contribution in [0.2, 0.25) is 5.15 Å². The summed E-state index contributed by atoms with van der Waals surface area (Å²) in [7, 11) is 0. The zero-order chi connectivity index (χ0) is 13.1. The summed E-state index contributed by atoms with van der Waals surface area (Å²) in [6.07, 6.45) is -3.88. The van der Waals surface area contributed by atoms with E-state index in [2.05, 4.69) is 14.5 Å². The molecule has 1 rings (SSSR count). The molecule has 0 aliphatic carbocycles. The van der Waals surface area contributed by atoms with Crippen molar-refractivity contribution < 1.29 is 27.4 Å². The van der Waals surface area contributed by atoms with Crippen molar-refractivity contribution in [2.75, 3.05) is 6.61 Å². The highest BCUT2D eigenvalue weighted by molar-refractivity contribution is 6.31. The van der Waals surface area contributed by atoms with Gasteiger partial charge in [0.25, 0.3) is 0 Å². The summed E-state index contributed by atoms with van der Waals surface area (Å²) in [6.45, 7) is 1.54. The lowest BCUT2D eigenvalue weighted by Crippen LogP contribution is -2.20. The third-order valence-corrected chi connectivity index (χ3v) is 1.84. The molecular formula is C9H7ClF3NO3. The number of esters is 1. The van der Waals surface area contributed by atoms with Gasteiger partial charge in [0, 0.05) is 6.20 Å². The smallest absolute Gasteiger partial charge is 0.462 e. The second kappa shape index (κ2) is 5.22. The third-order valence-electron chi connectivity index (χ3n) is 1.57. The molecular weight excluding hydrogens is 263 g/mol. The molecule has 0 saturated heterocycles. The second-order valence-corrected chi connectivity index (χ2v) is 3.10. The van der Waals surface area contributed by atoms with Crippen molar-refractivity contribution in [2.45, 2.75) is 13.3 Å². The third kappa shape index (κ3) is 3.77. The number of hydrogen-bond donors (Lipinski definition) is 0. The Hall–Kier alpha value is -1.50. The fourth-order valence-electron chi connectivity index (χ4n) is 1.01. The highest BCUT2D eigenvalue weighted by atomic mass is 35.5. The lowest BCUT2D eigenvalue weighted by atomic mass is 10.2. The molecule has 0 aliphatic heterocycles. The Morgan fingerprint density at radius 3 is 2.71 bits per heavy atom. The first-order chi connectivity index (χ1) is 7.85. The average molecular weight is 270 g/mol. The number of halogens is 4. The molecule has 8 heteroatoms. The van der Waals surface area contributed by atoms with E-state index in [0.29, 0.717) is 0 Å². The zero-order valence-corrected chi connectivity index (χ0v) is 9.30. The SMILES string of the molecule is CCOC(=O)c1ccnc(Cl)c1OC(F)(F)F. The van der Waals surface area contributed by atoms with Crippen LogP contribution in [0, 0.1) is 0 Å². The summed E-state index contributed by atoms with van der Waals surface area (Å²) in [5.41, 5.74) is -0.427. The molecule has 0 aromatic carbocycles. The van der Waals surface area contributed by atoms with Crippen molar-refractivity contribution in [3.05, 3.63) is 23.0 Å². The van der Waals surface area contributed by atoms with Crippen molar-refractivity contribution in [3.8, 4) is 5.75 Å². The number of carbonyl (C=O) groups excluding carboxylic acids is 1. The van der Waals surface area contributed by atoms with Crippen molar-refractivity contribution >= 4 is 17.6 Å². The van der Waals surface area contributed by atoms with Gasteiger partial charge in [-0.3, -0.25) is 0 Å². The van der Waals surface area contributed by atoms with Crippen molar-refractivity contribution in [1.82, 2.24) is 4.98 Å². The van der Waals surface area contributed by atoms with Gasteiger partial charge in [0.05, 0.1) is 6.61 Å². The number of ether oxygens (including phenoxy) is 2. The normalized spacial score (nSPS) is 11.1. The predicted octanol–water partition coefficient (Wildman–Crippen LogP) is 2.81. The van der Waals surface area contributed by atoms with Gasteiger partial charge in [-0.25, -0.2) is 9.78 Å². The van der Waals surface area contributed by atoms with E-state index >= 15 is 0 Å². The number of nitrogens with zero attached hydrogens (tertiary/aromatic N) is 1. The van der Waals surface area contributed by atoms with E-state index in [1.807, 2.05) is 0 Å². The van der Waals surface area contributed by atoms with E-state index in [4.69, 9.17) is 11.6 Å². The van der Waals surface area contributed by atoms with E-state index in [0.717, 1.165) is 12.3 Å². The van der Waals surface area contributed by atoms with Gasteiger partial charge in [-0.15, -0.1) is 13.2 Å². The molecule has 4 nitrogen and oxygen atoms in total. The monoisotopic (exact) mass is 269 g/mol. The molecule has 0 N–H and O–H groups in total. The standard InChI is InChI=1S/C9H7ClF3NO3/c1-2-16-8(15)5-3-4-14-7(10)6(5)17-9(11,12)13/h3-4H,2H2,1H3. The Balaban J connectivity index is 3.13. The van der Waals surface area contributed by atoms with Crippen LogP contribution in [0.1, 0.15) is 17.3 Å². The van der Waals surface area contributed by atoms with Crippen LogP contribution < -0.4 is 4.74 Å². The van der Waals surface area contributed by atoms with E-state index in [1.54, 1.807) is 0 Å². The van der Waals surface area contributed by atoms with E-state index in [1.165, 1.54) is 6.92 Å². The van der Waals surface area contributed by atoms with Crippen LogP contribution >= 0.6 is 11.6 Å². The van der Waals surface area contributed by atoms with E-state index in [-0.39, 0.29) is 6.61 Å². The zero-order valence-electron chi connectivity index (χ0n) is 8.55. The van der Waals surface area contributed by atoms with Crippen LogP contribution in [0.4, 0.5) is 13.2 Å². The topological polar surface area (TPSA) is 48.4 Å². The van der Waals surface area contributed by atoms with Gasteiger partial charge in [0.1, 0.15) is 5.56 Å². The minimum Gasteiger partial charge on any atom is -0.462 e. The van der Waals surface area contributed by atoms with E-state index in [9.17, 15) is 18.0 Å². The van der Waals surface area contributed by atoms with Gasteiger partial charge >= 0.3 is 12.3 Å². The maximum absolute atomic E-state index is 12.1. The fourth-order valence-corrected chi connectivity index (χ4v) is 1.20. The van der Waals surface area contributed by atoms with Crippen LogP contribution in [0.3, 0.4) is 0 Å². The van der Waals surface area contributed by atoms with Crippen molar-refractivity contribution in [2.24, 2.45) is 0 Å². The molecule has 0 fully saturated rings. The molecule has 0 unspecified atom stereocenters. The lowest BCUT2D eigenvalue weighted by molar-refractivity contribution is -0.274. The summed E-state index contributed by atoms with van der Waals surface area (Å²) < 4.78 is 44.5. The van der Waals surface area contributed by atoms with Crippen molar-refractivity contribution in [3.63, 3.8) is 0 Å². The Morgan fingerprint density at radius 1 is 1.53 bits per heavy atom. The van der Waals surface area contributed by atoms with Gasteiger partial charge in [-0.1, -0.05) is 11.6 Å². The molecule has 0 amide bonds. The molecule has 1 heterocycles. The maximum Gasteiger partial charge on any atom is 0.573 e. The summed E-state index contributed by atoms with van der Waals surface area (Å²) in [4.78, 5) is 14.7. The van der Waals surface area contributed by atoms with Gasteiger partial charge in [0.2, 0.25) is 0 Å². The Bertz CT molecular complexity index is 422. The molecule has 1 aromatic rings. The maximum atomic E-state index is 12.1. The van der Waals surface area contributed by atoms with Crippen LogP contribution in [-0.2, 0) is 4.74 Å². The molecule has 0 bridgehead atoms. The molecule has 17 heavy (non-hydrogen) atoms. The number of rotatable bonds is 3. The molecule has 94 valence electrons. The molecule has 0 atom stereocenters.